The van der Waals surface area contributed by atoms with Crippen LogP contribution in [0.15, 0.2) is 36.4 Å². The molecule has 0 unspecified atom stereocenters. The van der Waals surface area contributed by atoms with E-state index in [0.717, 1.165) is 17.5 Å². The number of nitrogens with one attached hydrogen (secondary N) is 1. The summed E-state index contributed by atoms with van der Waals surface area (Å²) < 4.78 is 0. The highest BCUT2D eigenvalue weighted by atomic mass is 35.5. The Balaban J connectivity index is 2.16. The summed E-state index contributed by atoms with van der Waals surface area (Å²) in [5, 5.41) is 21.8. The second-order valence-corrected chi connectivity index (χ2v) is 6.85. The Morgan fingerprint density at radius 3 is 2.56 bits per heavy atom. The molecule has 4 nitrogen and oxygen atoms in total. The smallest absolute Gasteiger partial charge is 0.222 e. The Bertz CT molecular complexity index is 934. The van der Waals surface area contributed by atoms with E-state index in [1.165, 1.54) is 12.1 Å². The number of phenolic OH excluding ortho intramolecular Hbond substituents is 1. The van der Waals surface area contributed by atoms with Gasteiger partial charge in [0.05, 0.1) is 16.7 Å². The lowest BCUT2D eigenvalue weighted by Gasteiger charge is -2.09. The number of carbonyl (C=O) groups excluding carboxylic acids is 1. The lowest BCUT2D eigenvalue weighted by Crippen LogP contribution is -2.28. The van der Waals surface area contributed by atoms with Crippen LogP contribution in [0.5, 0.6) is 5.75 Å². The number of amides is 1. The number of hydrogen-bond donors (Lipinski definition) is 2. The van der Waals surface area contributed by atoms with Crippen LogP contribution < -0.4 is 5.32 Å². The first kappa shape index (κ1) is 20.4. The van der Waals surface area contributed by atoms with Crippen molar-refractivity contribution in [2.75, 3.05) is 6.54 Å². The van der Waals surface area contributed by atoms with Crippen LogP contribution in [-0.2, 0) is 11.2 Å². The third kappa shape index (κ3) is 6.06. The van der Waals surface area contributed by atoms with Gasteiger partial charge in [-0.25, -0.2) is 0 Å². The summed E-state index contributed by atoms with van der Waals surface area (Å²) in [6, 6.07) is 12.2. The molecule has 5 heteroatoms. The molecule has 1 amide bonds. The molecule has 2 N–H and O–H groups in total. The van der Waals surface area contributed by atoms with E-state index < -0.39 is 0 Å². The standard InChI is InChI=1S/C22H21ClN2O2/c1-15(2)22(27)25-11-3-4-19-12-16(14-24)5-6-17(19)7-8-18-9-10-20(26)13-21(18)23/h5-6,9-10,12-13,15,26H,3-4,11H2,1-2H3,(H,25,27). The number of halogens is 1. The minimum Gasteiger partial charge on any atom is -0.508 e. The highest BCUT2D eigenvalue weighted by molar-refractivity contribution is 6.31. The fraction of sp³-hybridized carbons (Fsp3) is 0.273. The molecule has 0 aliphatic heterocycles. The molecule has 0 atom stereocenters. The number of benzene rings is 2. The first-order valence-corrected chi connectivity index (χ1v) is 9.09. The van der Waals surface area contributed by atoms with Crippen LogP contribution >= 0.6 is 11.6 Å². The highest BCUT2D eigenvalue weighted by Gasteiger charge is 2.07. The lowest BCUT2D eigenvalue weighted by atomic mass is 10.00. The summed E-state index contributed by atoms with van der Waals surface area (Å²) >= 11 is 6.09. The Labute approximate surface area is 164 Å². The number of hydrogen-bond acceptors (Lipinski definition) is 3. The van der Waals surface area contributed by atoms with E-state index in [2.05, 4.69) is 23.2 Å². The molecular weight excluding hydrogens is 360 g/mol. The fourth-order valence-electron chi connectivity index (χ4n) is 2.43. The van der Waals surface area contributed by atoms with Gasteiger partial charge in [-0.15, -0.1) is 0 Å². The van der Waals surface area contributed by atoms with Crippen molar-refractivity contribution in [1.29, 1.82) is 5.26 Å². The number of phenols is 1. The molecule has 0 aliphatic carbocycles. The van der Waals surface area contributed by atoms with E-state index in [4.69, 9.17) is 16.9 Å². The van der Waals surface area contributed by atoms with Gasteiger partial charge in [0.25, 0.3) is 0 Å². The molecule has 0 fully saturated rings. The van der Waals surface area contributed by atoms with Gasteiger partial charge in [-0.05, 0) is 54.8 Å². The summed E-state index contributed by atoms with van der Waals surface area (Å²) in [5.74, 6) is 6.19. The van der Waals surface area contributed by atoms with Gasteiger partial charge < -0.3 is 10.4 Å². The van der Waals surface area contributed by atoms with Crippen LogP contribution in [0.1, 0.15) is 42.5 Å². The van der Waals surface area contributed by atoms with Crippen molar-refractivity contribution in [3.05, 3.63) is 63.7 Å². The molecule has 0 radical (unpaired) electrons. The molecule has 2 aromatic carbocycles. The number of carbonyl (C=O) groups is 1. The molecule has 0 saturated heterocycles. The van der Waals surface area contributed by atoms with Crippen LogP contribution in [0.25, 0.3) is 0 Å². The maximum absolute atomic E-state index is 11.6. The SMILES string of the molecule is CC(C)C(=O)NCCCc1cc(C#N)ccc1C#Cc1ccc(O)cc1Cl. The van der Waals surface area contributed by atoms with Crippen molar-refractivity contribution in [3.63, 3.8) is 0 Å². The van der Waals surface area contributed by atoms with E-state index in [9.17, 15) is 9.90 Å². The van der Waals surface area contributed by atoms with Crippen LogP contribution in [0, 0.1) is 29.1 Å². The van der Waals surface area contributed by atoms with E-state index in [1.807, 2.05) is 26.0 Å². The normalized spacial score (nSPS) is 10.0. The fourth-order valence-corrected chi connectivity index (χ4v) is 2.65. The number of aryl methyl sites for hydroxylation is 1. The Kier molecular flexibility index (Phi) is 7.29. The van der Waals surface area contributed by atoms with Crippen LogP contribution in [-0.4, -0.2) is 17.6 Å². The molecule has 2 rings (SSSR count). The van der Waals surface area contributed by atoms with Gasteiger partial charge in [-0.1, -0.05) is 37.3 Å². The lowest BCUT2D eigenvalue weighted by molar-refractivity contribution is -0.123. The van der Waals surface area contributed by atoms with Crippen molar-refractivity contribution >= 4 is 17.5 Å². The first-order chi connectivity index (χ1) is 12.9. The molecule has 0 spiro atoms. The summed E-state index contributed by atoms with van der Waals surface area (Å²) in [7, 11) is 0. The second-order valence-electron chi connectivity index (χ2n) is 6.45. The molecule has 0 heterocycles. The first-order valence-electron chi connectivity index (χ1n) is 8.72. The number of nitriles is 1. The quantitative estimate of drug-likeness (QED) is 0.607. The molecule has 27 heavy (non-hydrogen) atoms. The molecule has 0 aliphatic rings. The summed E-state index contributed by atoms with van der Waals surface area (Å²) in [5.41, 5.74) is 2.96. The second kappa shape index (κ2) is 9.67. The topological polar surface area (TPSA) is 73.1 Å². The largest absolute Gasteiger partial charge is 0.508 e. The minimum atomic E-state index is -0.0385. The third-order valence-corrected chi connectivity index (χ3v) is 4.28. The predicted molar refractivity (Wildman–Crippen MR) is 106 cm³/mol. The van der Waals surface area contributed by atoms with Gasteiger partial charge >= 0.3 is 0 Å². The molecular formula is C22H21ClN2O2. The molecule has 2 aromatic rings. The third-order valence-electron chi connectivity index (χ3n) is 3.97. The minimum absolute atomic E-state index is 0.0303. The zero-order valence-corrected chi connectivity index (χ0v) is 16.1. The monoisotopic (exact) mass is 380 g/mol. The average molecular weight is 381 g/mol. The Morgan fingerprint density at radius 1 is 1.19 bits per heavy atom. The molecule has 0 bridgehead atoms. The molecule has 0 aromatic heterocycles. The summed E-state index contributed by atoms with van der Waals surface area (Å²) in [4.78, 5) is 11.6. The van der Waals surface area contributed by atoms with E-state index in [0.29, 0.717) is 29.1 Å². The zero-order chi connectivity index (χ0) is 19.8. The van der Waals surface area contributed by atoms with E-state index in [-0.39, 0.29) is 17.6 Å². The average Bonchev–Trinajstić information content (AvgIpc) is 2.64. The van der Waals surface area contributed by atoms with Gasteiger partial charge in [0.2, 0.25) is 5.91 Å². The Morgan fingerprint density at radius 2 is 1.89 bits per heavy atom. The van der Waals surface area contributed by atoms with Gasteiger partial charge in [0.1, 0.15) is 5.75 Å². The highest BCUT2D eigenvalue weighted by Crippen LogP contribution is 2.21. The van der Waals surface area contributed by atoms with E-state index in [1.54, 1.807) is 12.1 Å². The van der Waals surface area contributed by atoms with Crippen molar-refractivity contribution in [1.82, 2.24) is 5.32 Å². The van der Waals surface area contributed by atoms with Gasteiger partial charge in [0.15, 0.2) is 0 Å². The maximum atomic E-state index is 11.6. The number of aromatic hydroxyl groups is 1. The zero-order valence-electron chi connectivity index (χ0n) is 15.3. The maximum Gasteiger partial charge on any atom is 0.222 e. The summed E-state index contributed by atoms with van der Waals surface area (Å²) in [6.07, 6.45) is 1.45. The van der Waals surface area contributed by atoms with Gasteiger partial charge in [-0.3, -0.25) is 4.79 Å². The number of rotatable bonds is 5. The van der Waals surface area contributed by atoms with E-state index >= 15 is 0 Å². The van der Waals surface area contributed by atoms with Crippen molar-refractivity contribution < 1.29 is 9.90 Å². The number of nitrogens with zero attached hydrogens (tertiary/aromatic N) is 1. The van der Waals surface area contributed by atoms with Crippen molar-refractivity contribution in [3.8, 4) is 23.7 Å². The van der Waals surface area contributed by atoms with Crippen molar-refractivity contribution in [2.24, 2.45) is 5.92 Å². The summed E-state index contributed by atoms with van der Waals surface area (Å²) in [6.45, 7) is 4.28. The van der Waals surface area contributed by atoms with Crippen LogP contribution in [0.4, 0.5) is 0 Å². The Hall–Kier alpha value is -2.95. The van der Waals surface area contributed by atoms with Crippen LogP contribution in [0.3, 0.4) is 0 Å². The van der Waals surface area contributed by atoms with Gasteiger partial charge in [-0.2, -0.15) is 5.26 Å². The predicted octanol–water partition coefficient (Wildman–Crippen LogP) is 4.02. The van der Waals surface area contributed by atoms with Gasteiger partial charge in [0, 0.05) is 23.6 Å². The van der Waals surface area contributed by atoms with Crippen LogP contribution in [0.2, 0.25) is 5.02 Å². The molecule has 0 saturated carbocycles. The molecule has 138 valence electrons. The van der Waals surface area contributed by atoms with Crippen molar-refractivity contribution in [2.45, 2.75) is 26.7 Å².